The molecule has 1 N–H and O–H groups in total. The largest absolute Gasteiger partial charge is 0.377 e. The van der Waals surface area contributed by atoms with Crippen LogP contribution in [-0.4, -0.2) is 18.5 Å². The summed E-state index contributed by atoms with van der Waals surface area (Å²) in [5.74, 6) is 0. The zero-order chi connectivity index (χ0) is 9.38. The van der Waals surface area contributed by atoms with Crippen LogP contribution in [0.4, 0.5) is 0 Å². The van der Waals surface area contributed by atoms with Crippen molar-refractivity contribution < 1.29 is 9.69 Å². The Balaban J connectivity index is 2.11. The van der Waals surface area contributed by atoms with Gasteiger partial charge in [0.15, 0.2) is 0 Å². The molecule has 1 aliphatic rings. The number of fused-ring (bicyclic) bond motifs is 1. The minimum atomic E-state index is 0.0890. The molecule has 2 heterocycles. The SMILES string of the molecule is c1ccc2c(B3CCOO3)c[nH]c2c1. The van der Waals surface area contributed by atoms with Crippen molar-refractivity contribution in [3.8, 4) is 0 Å². The summed E-state index contributed by atoms with van der Waals surface area (Å²) >= 11 is 0. The predicted octanol–water partition coefficient (Wildman–Crippen LogP) is 1.33. The molecule has 1 aliphatic heterocycles. The summed E-state index contributed by atoms with van der Waals surface area (Å²) in [5.41, 5.74) is 2.34. The number of rotatable bonds is 1. The molecular formula is C10H10BNO2. The quantitative estimate of drug-likeness (QED) is 0.539. The monoisotopic (exact) mass is 187 g/mol. The number of para-hydroxylation sites is 1. The number of H-pyrrole nitrogens is 1. The van der Waals surface area contributed by atoms with E-state index in [0.717, 1.165) is 11.8 Å². The van der Waals surface area contributed by atoms with Crippen LogP contribution in [0.5, 0.6) is 0 Å². The van der Waals surface area contributed by atoms with Gasteiger partial charge in [-0.15, -0.1) is 0 Å². The molecule has 0 atom stereocenters. The summed E-state index contributed by atoms with van der Waals surface area (Å²) in [6.07, 6.45) is 2.94. The maximum Gasteiger partial charge on any atom is 0.377 e. The Kier molecular flexibility index (Phi) is 1.82. The first-order chi connectivity index (χ1) is 6.95. The lowest BCUT2D eigenvalue weighted by atomic mass is 9.59. The van der Waals surface area contributed by atoms with Crippen molar-refractivity contribution in [2.45, 2.75) is 6.32 Å². The van der Waals surface area contributed by atoms with Crippen molar-refractivity contribution in [1.29, 1.82) is 0 Å². The van der Waals surface area contributed by atoms with Gasteiger partial charge >= 0.3 is 6.92 Å². The van der Waals surface area contributed by atoms with E-state index in [1.165, 1.54) is 10.8 Å². The lowest BCUT2D eigenvalue weighted by molar-refractivity contribution is -0.184. The van der Waals surface area contributed by atoms with Crippen LogP contribution >= 0.6 is 0 Å². The van der Waals surface area contributed by atoms with E-state index in [0.29, 0.717) is 6.61 Å². The zero-order valence-corrected chi connectivity index (χ0v) is 7.69. The molecule has 0 spiro atoms. The van der Waals surface area contributed by atoms with Gasteiger partial charge in [-0.2, -0.15) is 0 Å². The first kappa shape index (κ1) is 8.09. The smallest absolute Gasteiger partial charge is 0.362 e. The Morgan fingerprint density at radius 1 is 1.29 bits per heavy atom. The van der Waals surface area contributed by atoms with E-state index in [4.69, 9.17) is 9.69 Å². The minimum Gasteiger partial charge on any atom is -0.362 e. The summed E-state index contributed by atoms with van der Waals surface area (Å²) in [6.45, 7) is 0.774. The van der Waals surface area contributed by atoms with Crippen molar-refractivity contribution in [2.75, 3.05) is 6.61 Å². The van der Waals surface area contributed by atoms with Crippen molar-refractivity contribution in [3.63, 3.8) is 0 Å². The van der Waals surface area contributed by atoms with Gasteiger partial charge in [-0.25, -0.2) is 0 Å². The molecule has 1 fully saturated rings. The van der Waals surface area contributed by atoms with Gasteiger partial charge in [0.2, 0.25) is 0 Å². The lowest BCUT2D eigenvalue weighted by Gasteiger charge is -1.99. The standard InChI is InChI=1S/C10H10BNO2/c1-2-4-10-8(3-1)9(7-12-10)11-5-6-13-14-11/h1-4,7,12H,5-6H2. The molecule has 0 unspecified atom stereocenters. The van der Waals surface area contributed by atoms with Crippen LogP contribution in [0.3, 0.4) is 0 Å². The van der Waals surface area contributed by atoms with Gasteiger partial charge < -0.3 is 4.98 Å². The van der Waals surface area contributed by atoms with Crippen LogP contribution in [0.2, 0.25) is 6.32 Å². The highest BCUT2D eigenvalue weighted by molar-refractivity contribution is 6.70. The Labute approximate surface area is 82.1 Å². The average Bonchev–Trinajstić information content (AvgIpc) is 2.85. The van der Waals surface area contributed by atoms with E-state index >= 15 is 0 Å². The Morgan fingerprint density at radius 3 is 3.07 bits per heavy atom. The van der Waals surface area contributed by atoms with Gasteiger partial charge in [0, 0.05) is 5.52 Å². The van der Waals surface area contributed by atoms with Crippen molar-refractivity contribution in [3.05, 3.63) is 30.5 Å². The van der Waals surface area contributed by atoms with Crippen LogP contribution in [0.1, 0.15) is 0 Å². The topological polar surface area (TPSA) is 34.2 Å². The van der Waals surface area contributed by atoms with Gasteiger partial charge in [0.25, 0.3) is 0 Å². The molecule has 2 aromatic rings. The number of benzene rings is 1. The highest BCUT2D eigenvalue weighted by Crippen LogP contribution is 2.14. The van der Waals surface area contributed by atoms with E-state index < -0.39 is 0 Å². The summed E-state index contributed by atoms with van der Waals surface area (Å²) < 4.78 is 0. The summed E-state index contributed by atoms with van der Waals surface area (Å²) in [6, 6.07) is 8.22. The first-order valence-electron chi connectivity index (χ1n) is 4.79. The number of hydrogen-bond acceptors (Lipinski definition) is 2. The van der Waals surface area contributed by atoms with Crippen molar-refractivity contribution in [1.82, 2.24) is 4.98 Å². The maximum absolute atomic E-state index is 5.19. The van der Waals surface area contributed by atoms with Gasteiger partial charge in [-0.1, -0.05) is 18.2 Å². The van der Waals surface area contributed by atoms with Gasteiger partial charge in [-0.05, 0) is 29.4 Å². The van der Waals surface area contributed by atoms with E-state index in [1.54, 1.807) is 0 Å². The van der Waals surface area contributed by atoms with Gasteiger partial charge in [0.05, 0.1) is 6.61 Å². The van der Waals surface area contributed by atoms with E-state index in [2.05, 4.69) is 17.1 Å². The van der Waals surface area contributed by atoms with Gasteiger partial charge in [0.1, 0.15) is 0 Å². The molecule has 0 radical (unpaired) electrons. The second-order valence-electron chi connectivity index (χ2n) is 3.49. The number of aromatic nitrogens is 1. The van der Waals surface area contributed by atoms with Crippen LogP contribution < -0.4 is 5.46 Å². The molecule has 14 heavy (non-hydrogen) atoms. The number of hydrogen-bond donors (Lipinski definition) is 1. The Hall–Kier alpha value is -1.26. The molecular weight excluding hydrogens is 177 g/mol. The molecule has 1 saturated heterocycles. The van der Waals surface area contributed by atoms with Crippen molar-refractivity contribution >= 4 is 23.3 Å². The molecule has 0 aliphatic carbocycles. The third kappa shape index (κ3) is 1.15. The molecule has 0 amide bonds. The summed E-state index contributed by atoms with van der Waals surface area (Å²) in [4.78, 5) is 13.3. The Bertz CT molecular complexity index is 448. The fraction of sp³-hybridized carbons (Fsp3) is 0.200. The normalized spacial score (nSPS) is 16.7. The summed E-state index contributed by atoms with van der Waals surface area (Å²) in [5, 5.41) is 1.23. The predicted molar refractivity (Wildman–Crippen MR) is 55.5 cm³/mol. The molecule has 3 rings (SSSR count). The molecule has 0 bridgehead atoms. The molecule has 1 aromatic carbocycles. The fourth-order valence-corrected chi connectivity index (χ4v) is 1.90. The fourth-order valence-electron chi connectivity index (χ4n) is 1.90. The zero-order valence-electron chi connectivity index (χ0n) is 7.69. The third-order valence-corrected chi connectivity index (χ3v) is 2.62. The first-order valence-corrected chi connectivity index (χ1v) is 4.79. The highest BCUT2D eigenvalue weighted by Gasteiger charge is 2.27. The molecule has 3 nitrogen and oxygen atoms in total. The third-order valence-electron chi connectivity index (χ3n) is 2.62. The minimum absolute atomic E-state index is 0.0890. The van der Waals surface area contributed by atoms with Crippen LogP contribution in [-0.2, 0) is 9.69 Å². The van der Waals surface area contributed by atoms with Crippen LogP contribution in [0.15, 0.2) is 30.5 Å². The van der Waals surface area contributed by atoms with Gasteiger partial charge in [-0.3, -0.25) is 9.69 Å². The maximum atomic E-state index is 5.19. The number of aromatic amines is 1. The molecule has 4 heteroatoms. The summed E-state index contributed by atoms with van der Waals surface area (Å²) in [7, 11) is 0. The van der Waals surface area contributed by atoms with Crippen LogP contribution in [0.25, 0.3) is 10.9 Å². The molecule has 70 valence electrons. The lowest BCUT2D eigenvalue weighted by Crippen LogP contribution is -2.28. The number of nitrogens with one attached hydrogen (secondary N) is 1. The Morgan fingerprint density at radius 2 is 2.21 bits per heavy atom. The van der Waals surface area contributed by atoms with Crippen LogP contribution in [0, 0.1) is 0 Å². The second-order valence-corrected chi connectivity index (χ2v) is 3.49. The van der Waals surface area contributed by atoms with Crippen molar-refractivity contribution in [2.24, 2.45) is 0 Å². The van der Waals surface area contributed by atoms with E-state index in [1.807, 2.05) is 18.3 Å². The molecule has 1 aromatic heterocycles. The molecule has 0 saturated carbocycles. The second kappa shape index (κ2) is 3.15. The van der Waals surface area contributed by atoms with E-state index in [-0.39, 0.29) is 6.92 Å². The highest BCUT2D eigenvalue weighted by atomic mass is 17.2. The van der Waals surface area contributed by atoms with E-state index in [9.17, 15) is 0 Å². The average molecular weight is 187 g/mol.